The largest absolute Gasteiger partial charge is 0.394 e. The van der Waals surface area contributed by atoms with Crippen LogP contribution in [0.2, 0.25) is 0 Å². The molecule has 0 unspecified atom stereocenters. The third-order valence-corrected chi connectivity index (χ3v) is 1.53. The zero-order chi connectivity index (χ0) is 6.69. The first-order valence-electron chi connectivity index (χ1n) is 3.27. The maximum absolute atomic E-state index is 8.88. The first-order valence-corrected chi connectivity index (χ1v) is 3.27. The second-order valence-corrected chi connectivity index (χ2v) is 2.33. The second-order valence-electron chi connectivity index (χ2n) is 2.33. The van der Waals surface area contributed by atoms with Crippen molar-refractivity contribution in [2.75, 3.05) is 6.61 Å². The molecule has 0 aromatic heterocycles. The van der Waals surface area contributed by atoms with Gasteiger partial charge in [-0.15, -0.1) is 0 Å². The number of hydrogen-bond donors (Lipinski definition) is 2. The lowest BCUT2D eigenvalue weighted by Crippen LogP contribution is -2.29. The van der Waals surface area contributed by atoms with E-state index in [1.54, 1.807) is 0 Å². The molecule has 1 heterocycles. The van der Waals surface area contributed by atoms with Crippen LogP contribution in [-0.2, 0) is 4.74 Å². The third kappa shape index (κ3) is 1.93. The first-order chi connectivity index (χ1) is 4.33. The molecule has 0 amide bonds. The minimum atomic E-state index is -0.643. The molecule has 3 heteroatoms. The molecule has 3 nitrogen and oxygen atoms in total. The predicted octanol–water partition coefficient (Wildman–Crippen LogP) is -0.134. The summed E-state index contributed by atoms with van der Waals surface area (Å²) >= 11 is 0. The molecular formula is C6H12O3. The average molecular weight is 132 g/mol. The predicted molar refractivity (Wildman–Crippen MR) is 31.8 cm³/mol. The van der Waals surface area contributed by atoms with E-state index in [9.17, 15) is 0 Å². The van der Waals surface area contributed by atoms with Gasteiger partial charge in [-0.25, -0.2) is 0 Å². The van der Waals surface area contributed by atoms with Crippen LogP contribution in [-0.4, -0.2) is 29.2 Å². The van der Waals surface area contributed by atoms with E-state index in [-0.39, 0.29) is 12.7 Å². The fourth-order valence-electron chi connectivity index (χ4n) is 1.01. The normalized spacial score (nSPS) is 36.7. The van der Waals surface area contributed by atoms with Gasteiger partial charge < -0.3 is 14.9 Å². The van der Waals surface area contributed by atoms with Gasteiger partial charge in [0.15, 0.2) is 6.29 Å². The van der Waals surface area contributed by atoms with Crippen molar-refractivity contribution in [2.24, 2.45) is 0 Å². The minimum absolute atomic E-state index is 0.0249. The molecule has 1 fully saturated rings. The molecule has 0 aromatic rings. The van der Waals surface area contributed by atoms with Crippen LogP contribution in [0.15, 0.2) is 0 Å². The van der Waals surface area contributed by atoms with Gasteiger partial charge in [-0.1, -0.05) is 0 Å². The molecule has 2 atom stereocenters. The third-order valence-electron chi connectivity index (χ3n) is 1.53. The van der Waals surface area contributed by atoms with Crippen LogP contribution in [0.3, 0.4) is 0 Å². The van der Waals surface area contributed by atoms with Crippen molar-refractivity contribution in [1.29, 1.82) is 0 Å². The van der Waals surface area contributed by atoms with E-state index >= 15 is 0 Å². The summed E-state index contributed by atoms with van der Waals surface area (Å²) in [7, 11) is 0. The Bertz CT molecular complexity index is 84.4. The zero-order valence-corrected chi connectivity index (χ0v) is 5.29. The van der Waals surface area contributed by atoms with Crippen LogP contribution in [0.5, 0.6) is 0 Å². The highest BCUT2D eigenvalue weighted by molar-refractivity contribution is 4.63. The average Bonchev–Trinajstić information content (AvgIpc) is 1.88. The Labute approximate surface area is 54.3 Å². The maximum Gasteiger partial charge on any atom is 0.155 e. The molecule has 1 saturated heterocycles. The van der Waals surface area contributed by atoms with Crippen LogP contribution in [0, 0.1) is 0 Å². The highest BCUT2D eigenvalue weighted by Gasteiger charge is 2.18. The zero-order valence-electron chi connectivity index (χ0n) is 5.29. The molecule has 1 aliphatic heterocycles. The monoisotopic (exact) mass is 132 g/mol. The van der Waals surface area contributed by atoms with Gasteiger partial charge in [0.2, 0.25) is 0 Å². The molecule has 2 N–H and O–H groups in total. The van der Waals surface area contributed by atoms with Crippen LogP contribution >= 0.6 is 0 Å². The van der Waals surface area contributed by atoms with E-state index in [1.165, 1.54) is 0 Å². The molecule has 1 aliphatic rings. The van der Waals surface area contributed by atoms with Crippen molar-refractivity contribution in [2.45, 2.75) is 31.7 Å². The second kappa shape index (κ2) is 3.15. The molecule has 0 spiro atoms. The van der Waals surface area contributed by atoms with E-state index in [1.807, 2.05) is 0 Å². The van der Waals surface area contributed by atoms with Crippen molar-refractivity contribution in [3.8, 4) is 0 Å². The molecule has 0 bridgehead atoms. The van der Waals surface area contributed by atoms with Crippen molar-refractivity contribution >= 4 is 0 Å². The molecule has 0 aromatic carbocycles. The van der Waals surface area contributed by atoms with Gasteiger partial charge in [-0.3, -0.25) is 0 Å². The Hall–Kier alpha value is -0.120. The summed E-state index contributed by atoms with van der Waals surface area (Å²) in [6, 6.07) is 0. The molecule has 0 radical (unpaired) electrons. The quantitative estimate of drug-likeness (QED) is 0.522. The number of rotatable bonds is 1. The molecule has 1 rings (SSSR count). The van der Waals surface area contributed by atoms with Crippen LogP contribution < -0.4 is 0 Å². The summed E-state index contributed by atoms with van der Waals surface area (Å²) in [4.78, 5) is 0. The molecule has 54 valence electrons. The van der Waals surface area contributed by atoms with Gasteiger partial charge in [0.25, 0.3) is 0 Å². The molecule has 0 saturated carbocycles. The van der Waals surface area contributed by atoms with Gasteiger partial charge in [0.1, 0.15) is 0 Å². The lowest BCUT2D eigenvalue weighted by atomic mass is 10.1. The van der Waals surface area contributed by atoms with Gasteiger partial charge in [0, 0.05) is 0 Å². The summed E-state index contributed by atoms with van der Waals surface area (Å²) in [5.41, 5.74) is 0. The standard InChI is InChI=1S/C6H12O3/c7-4-5-2-1-3-6(8)9-5/h5-8H,1-4H2/t5-,6-/m1/s1. The van der Waals surface area contributed by atoms with Crippen LogP contribution in [0.1, 0.15) is 19.3 Å². The Morgan fingerprint density at radius 3 is 2.67 bits per heavy atom. The number of ether oxygens (including phenoxy) is 1. The summed E-state index contributed by atoms with van der Waals surface area (Å²) in [6.45, 7) is 0.0249. The number of hydrogen-bond acceptors (Lipinski definition) is 3. The Kier molecular flexibility index (Phi) is 2.45. The van der Waals surface area contributed by atoms with E-state index < -0.39 is 6.29 Å². The van der Waals surface area contributed by atoms with Gasteiger partial charge >= 0.3 is 0 Å². The topological polar surface area (TPSA) is 49.7 Å². The van der Waals surface area contributed by atoms with E-state index in [0.29, 0.717) is 6.42 Å². The summed E-state index contributed by atoms with van der Waals surface area (Å²) in [5, 5.41) is 17.5. The summed E-state index contributed by atoms with van der Waals surface area (Å²) < 4.78 is 4.94. The van der Waals surface area contributed by atoms with Crippen molar-refractivity contribution < 1.29 is 14.9 Å². The molecular weight excluding hydrogens is 120 g/mol. The van der Waals surface area contributed by atoms with Gasteiger partial charge in [0.05, 0.1) is 12.7 Å². The lowest BCUT2D eigenvalue weighted by Gasteiger charge is -2.24. The molecule has 9 heavy (non-hydrogen) atoms. The van der Waals surface area contributed by atoms with Gasteiger partial charge in [-0.2, -0.15) is 0 Å². The van der Waals surface area contributed by atoms with Crippen LogP contribution in [0.4, 0.5) is 0 Å². The summed E-state index contributed by atoms with van der Waals surface area (Å²) in [6.07, 6.45) is 1.75. The Morgan fingerprint density at radius 2 is 2.22 bits per heavy atom. The van der Waals surface area contributed by atoms with Crippen molar-refractivity contribution in [1.82, 2.24) is 0 Å². The van der Waals surface area contributed by atoms with Gasteiger partial charge in [-0.05, 0) is 19.3 Å². The fraction of sp³-hybridized carbons (Fsp3) is 1.00. The Morgan fingerprint density at radius 1 is 1.44 bits per heavy atom. The van der Waals surface area contributed by atoms with Crippen molar-refractivity contribution in [3.63, 3.8) is 0 Å². The molecule has 0 aliphatic carbocycles. The maximum atomic E-state index is 8.88. The highest BCUT2D eigenvalue weighted by atomic mass is 16.6. The minimum Gasteiger partial charge on any atom is -0.394 e. The van der Waals surface area contributed by atoms with Crippen LogP contribution in [0.25, 0.3) is 0 Å². The van der Waals surface area contributed by atoms with E-state index in [2.05, 4.69) is 0 Å². The highest BCUT2D eigenvalue weighted by Crippen LogP contribution is 2.16. The lowest BCUT2D eigenvalue weighted by molar-refractivity contribution is -0.172. The van der Waals surface area contributed by atoms with E-state index in [0.717, 1.165) is 12.8 Å². The van der Waals surface area contributed by atoms with Crippen molar-refractivity contribution in [3.05, 3.63) is 0 Å². The Balaban J connectivity index is 2.23. The SMILES string of the molecule is OC[C@H]1CCC[C@H](O)O1. The fourth-order valence-corrected chi connectivity index (χ4v) is 1.01. The van der Waals surface area contributed by atoms with E-state index in [4.69, 9.17) is 14.9 Å². The smallest absolute Gasteiger partial charge is 0.155 e. The number of aliphatic hydroxyl groups is 2. The first kappa shape index (κ1) is 6.99. The summed E-state index contributed by atoms with van der Waals surface area (Å²) in [5.74, 6) is 0. The number of aliphatic hydroxyl groups excluding tert-OH is 2.